The van der Waals surface area contributed by atoms with E-state index in [9.17, 15) is 5.26 Å². The summed E-state index contributed by atoms with van der Waals surface area (Å²) in [6.45, 7) is 0.225. The molecule has 1 aliphatic rings. The molecule has 4 aromatic rings. The van der Waals surface area contributed by atoms with E-state index in [-0.39, 0.29) is 13.2 Å². The number of benzene rings is 2. The average molecular weight is 394 g/mol. The molecule has 27 heavy (non-hydrogen) atoms. The van der Waals surface area contributed by atoms with E-state index in [1.165, 1.54) is 0 Å². The van der Waals surface area contributed by atoms with Gasteiger partial charge in [0.05, 0.1) is 29.6 Å². The van der Waals surface area contributed by atoms with Crippen molar-refractivity contribution in [3.63, 3.8) is 0 Å². The van der Waals surface area contributed by atoms with Crippen molar-refractivity contribution in [2.24, 2.45) is 0 Å². The van der Waals surface area contributed by atoms with Crippen molar-refractivity contribution in [1.29, 1.82) is 5.26 Å². The molecule has 5 nitrogen and oxygen atoms in total. The summed E-state index contributed by atoms with van der Waals surface area (Å²) in [5.41, 5.74) is 4.58. The van der Waals surface area contributed by atoms with Gasteiger partial charge in [0.2, 0.25) is 6.79 Å². The molecule has 0 unspecified atom stereocenters. The van der Waals surface area contributed by atoms with Crippen LogP contribution in [0.15, 0.2) is 47.8 Å². The minimum absolute atomic E-state index is 0.225. The molecule has 0 bridgehead atoms. The Balaban J connectivity index is 1.71. The summed E-state index contributed by atoms with van der Waals surface area (Å²) in [7, 11) is 0. The molecule has 0 aliphatic carbocycles. The van der Waals surface area contributed by atoms with Crippen LogP contribution in [0.1, 0.15) is 5.69 Å². The van der Waals surface area contributed by atoms with E-state index in [0.29, 0.717) is 10.8 Å². The molecule has 0 atom stereocenters. The van der Waals surface area contributed by atoms with E-state index < -0.39 is 0 Å². The van der Waals surface area contributed by atoms with Crippen molar-refractivity contribution in [3.8, 4) is 40.1 Å². The predicted molar refractivity (Wildman–Crippen MR) is 104 cm³/mol. The number of halogens is 1. The van der Waals surface area contributed by atoms with Gasteiger partial charge in [-0.05, 0) is 35.9 Å². The lowest BCUT2D eigenvalue weighted by molar-refractivity contribution is 0.174. The zero-order valence-corrected chi connectivity index (χ0v) is 15.5. The fourth-order valence-electron chi connectivity index (χ4n) is 3.25. The summed E-state index contributed by atoms with van der Waals surface area (Å²) in [6, 6.07) is 15.7. The molecule has 7 heteroatoms. The zero-order chi connectivity index (χ0) is 18.4. The lowest BCUT2D eigenvalue weighted by Gasteiger charge is -2.06. The fourth-order valence-corrected chi connectivity index (χ4v) is 4.29. The van der Waals surface area contributed by atoms with Gasteiger partial charge in [-0.3, -0.25) is 4.40 Å². The minimum Gasteiger partial charge on any atom is -0.454 e. The van der Waals surface area contributed by atoms with Crippen LogP contribution >= 0.6 is 22.9 Å². The van der Waals surface area contributed by atoms with E-state index in [1.807, 2.05) is 42.5 Å². The maximum absolute atomic E-state index is 9.41. The van der Waals surface area contributed by atoms with Crippen molar-refractivity contribution in [2.75, 3.05) is 6.79 Å². The van der Waals surface area contributed by atoms with Crippen molar-refractivity contribution < 1.29 is 9.47 Å². The lowest BCUT2D eigenvalue weighted by atomic mass is 10.1. The molecule has 0 saturated carbocycles. The zero-order valence-electron chi connectivity index (χ0n) is 14.0. The Morgan fingerprint density at radius 2 is 1.89 bits per heavy atom. The van der Waals surface area contributed by atoms with Crippen molar-refractivity contribution >= 4 is 27.9 Å². The summed E-state index contributed by atoms with van der Waals surface area (Å²) in [6.07, 6.45) is 0.252. The molecule has 0 saturated heterocycles. The normalized spacial score (nSPS) is 12.4. The highest BCUT2D eigenvalue weighted by Crippen LogP contribution is 2.38. The van der Waals surface area contributed by atoms with Crippen molar-refractivity contribution in [2.45, 2.75) is 6.42 Å². The predicted octanol–water partition coefficient (Wildman–Crippen LogP) is 5.18. The topological polar surface area (TPSA) is 59.5 Å². The first kappa shape index (κ1) is 16.2. The van der Waals surface area contributed by atoms with Crippen LogP contribution < -0.4 is 9.47 Å². The fraction of sp³-hybridized carbons (Fsp3) is 0.100. The summed E-state index contributed by atoms with van der Waals surface area (Å²) < 4.78 is 12.9. The number of rotatable bonds is 3. The quantitative estimate of drug-likeness (QED) is 0.481. The second-order valence-corrected chi connectivity index (χ2v) is 7.33. The van der Waals surface area contributed by atoms with E-state index in [0.717, 1.165) is 38.9 Å². The Bertz CT molecular complexity index is 1200. The molecule has 0 fully saturated rings. The Morgan fingerprint density at radius 3 is 2.70 bits per heavy atom. The Labute approximate surface area is 164 Å². The number of aromatic nitrogens is 2. The Kier molecular flexibility index (Phi) is 3.78. The lowest BCUT2D eigenvalue weighted by Crippen LogP contribution is -1.95. The van der Waals surface area contributed by atoms with Crippen LogP contribution in [0.3, 0.4) is 0 Å². The highest BCUT2D eigenvalue weighted by atomic mass is 35.5. The summed E-state index contributed by atoms with van der Waals surface area (Å²) in [5, 5.41) is 12.1. The second-order valence-electron chi connectivity index (χ2n) is 6.06. The van der Waals surface area contributed by atoms with Crippen LogP contribution in [0.2, 0.25) is 5.02 Å². The van der Waals surface area contributed by atoms with E-state index in [1.54, 1.807) is 11.3 Å². The van der Waals surface area contributed by atoms with Crippen molar-refractivity contribution in [1.82, 2.24) is 9.38 Å². The molecule has 2 aromatic heterocycles. The van der Waals surface area contributed by atoms with Gasteiger partial charge in [-0.25, -0.2) is 4.98 Å². The molecule has 5 rings (SSSR count). The second kappa shape index (κ2) is 6.31. The highest BCUT2D eigenvalue weighted by Gasteiger charge is 2.21. The average Bonchev–Trinajstić information content (AvgIpc) is 3.38. The smallest absolute Gasteiger partial charge is 0.231 e. The molecule has 1 aliphatic heterocycles. The SMILES string of the molecule is N#CCc1c(-c2ccc3c(c2)OCO3)nc2scc(-c3ccc(Cl)cc3)n12. The third-order valence-electron chi connectivity index (χ3n) is 4.49. The van der Waals surface area contributed by atoms with Crippen LogP contribution in [0, 0.1) is 11.3 Å². The van der Waals surface area contributed by atoms with Crippen LogP contribution in [0.25, 0.3) is 27.5 Å². The third kappa shape index (κ3) is 2.64. The maximum Gasteiger partial charge on any atom is 0.231 e. The molecule has 2 aromatic carbocycles. The summed E-state index contributed by atoms with van der Waals surface area (Å²) in [4.78, 5) is 5.64. The summed E-state index contributed by atoms with van der Waals surface area (Å²) >= 11 is 7.57. The number of hydrogen-bond acceptors (Lipinski definition) is 5. The van der Waals surface area contributed by atoms with Gasteiger partial charge in [0.1, 0.15) is 0 Å². The molecule has 132 valence electrons. The van der Waals surface area contributed by atoms with Gasteiger partial charge in [0.25, 0.3) is 0 Å². The van der Waals surface area contributed by atoms with Gasteiger partial charge in [-0.2, -0.15) is 5.26 Å². The number of nitrogens with zero attached hydrogens (tertiary/aromatic N) is 3. The van der Waals surface area contributed by atoms with Gasteiger partial charge in [-0.1, -0.05) is 23.7 Å². The van der Waals surface area contributed by atoms with Gasteiger partial charge in [0.15, 0.2) is 16.5 Å². The molecule has 0 radical (unpaired) electrons. The van der Waals surface area contributed by atoms with E-state index >= 15 is 0 Å². The minimum atomic E-state index is 0.225. The summed E-state index contributed by atoms with van der Waals surface area (Å²) in [5.74, 6) is 1.42. The first-order valence-electron chi connectivity index (χ1n) is 8.26. The number of ether oxygens (including phenoxy) is 2. The number of nitriles is 1. The number of thiazole rings is 1. The monoisotopic (exact) mass is 393 g/mol. The van der Waals surface area contributed by atoms with Gasteiger partial charge in [-0.15, -0.1) is 11.3 Å². The Hall–Kier alpha value is -3.01. The first-order valence-corrected chi connectivity index (χ1v) is 9.52. The van der Waals surface area contributed by atoms with Gasteiger partial charge < -0.3 is 9.47 Å². The molecule has 0 N–H and O–H groups in total. The first-order chi connectivity index (χ1) is 13.2. The van der Waals surface area contributed by atoms with E-state index in [4.69, 9.17) is 26.1 Å². The van der Waals surface area contributed by atoms with Gasteiger partial charge >= 0.3 is 0 Å². The van der Waals surface area contributed by atoms with Crippen LogP contribution in [0.5, 0.6) is 11.5 Å². The van der Waals surface area contributed by atoms with Crippen LogP contribution in [-0.4, -0.2) is 16.2 Å². The third-order valence-corrected chi connectivity index (χ3v) is 5.57. The van der Waals surface area contributed by atoms with E-state index in [2.05, 4.69) is 15.8 Å². The standard InChI is InChI=1S/C20H12ClN3O2S/c21-14-4-1-12(2-5-14)16-10-27-20-23-19(15(7-8-22)24(16)20)13-3-6-17-18(9-13)26-11-25-17/h1-6,9-10H,7,11H2. The molecule has 0 spiro atoms. The number of hydrogen-bond donors (Lipinski definition) is 0. The van der Waals surface area contributed by atoms with Crippen molar-refractivity contribution in [3.05, 3.63) is 58.6 Å². The molecule has 0 amide bonds. The maximum atomic E-state index is 9.41. The molecular formula is C20H12ClN3O2S. The van der Waals surface area contributed by atoms with Gasteiger partial charge in [0, 0.05) is 16.0 Å². The largest absolute Gasteiger partial charge is 0.454 e. The highest BCUT2D eigenvalue weighted by molar-refractivity contribution is 7.15. The molecular weight excluding hydrogens is 382 g/mol. The van der Waals surface area contributed by atoms with Crippen LogP contribution in [0.4, 0.5) is 0 Å². The number of imidazole rings is 1. The number of fused-ring (bicyclic) bond motifs is 2. The molecule has 3 heterocycles. The van der Waals surface area contributed by atoms with Crippen LogP contribution in [-0.2, 0) is 6.42 Å². The Morgan fingerprint density at radius 1 is 1.11 bits per heavy atom.